The van der Waals surface area contributed by atoms with Crippen molar-refractivity contribution in [2.45, 2.75) is 25.4 Å². The first-order chi connectivity index (χ1) is 9.10. The highest BCUT2D eigenvalue weighted by Gasteiger charge is 2.29. The number of carbonyl (C=O) groups excluding carboxylic acids is 2. The number of methoxy groups -OCH3 is 1. The van der Waals surface area contributed by atoms with E-state index in [-0.39, 0.29) is 17.9 Å². The van der Waals surface area contributed by atoms with E-state index in [0.29, 0.717) is 19.4 Å². The number of nitrogens with zero attached hydrogens (tertiary/aromatic N) is 1. The molecule has 1 unspecified atom stereocenters. The lowest BCUT2D eigenvalue weighted by Gasteiger charge is -2.29. The second kappa shape index (κ2) is 5.84. The maximum Gasteiger partial charge on any atom is 0.243 e. The SMILES string of the molecule is COc1ccc(CN(C)C2CCC(=O)NC2=O)cc1. The van der Waals surface area contributed by atoms with Crippen LogP contribution in [0, 0.1) is 0 Å². The number of piperidine rings is 1. The molecule has 0 bridgehead atoms. The van der Waals surface area contributed by atoms with Gasteiger partial charge in [-0.3, -0.25) is 19.8 Å². The zero-order valence-electron chi connectivity index (χ0n) is 11.2. The lowest BCUT2D eigenvalue weighted by atomic mass is 10.0. The van der Waals surface area contributed by atoms with Gasteiger partial charge in [0.1, 0.15) is 5.75 Å². The first-order valence-electron chi connectivity index (χ1n) is 6.27. The van der Waals surface area contributed by atoms with Crippen LogP contribution in [-0.4, -0.2) is 36.9 Å². The summed E-state index contributed by atoms with van der Waals surface area (Å²) in [7, 11) is 3.52. The van der Waals surface area contributed by atoms with Crippen LogP contribution < -0.4 is 10.1 Å². The Morgan fingerprint density at radius 3 is 2.58 bits per heavy atom. The first kappa shape index (κ1) is 13.5. The van der Waals surface area contributed by atoms with Crippen LogP contribution in [0.4, 0.5) is 0 Å². The number of ether oxygens (including phenoxy) is 1. The molecule has 19 heavy (non-hydrogen) atoms. The first-order valence-corrected chi connectivity index (χ1v) is 6.27. The molecule has 5 nitrogen and oxygen atoms in total. The van der Waals surface area contributed by atoms with Gasteiger partial charge in [-0.2, -0.15) is 0 Å². The van der Waals surface area contributed by atoms with Gasteiger partial charge in [-0.15, -0.1) is 0 Å². The van der Waals surface area contributed by atoms with Crippen LogP contribution in [0.25, 0.3) is 0 Å². The normalized spacial score (nSPS) is 19.4. The van der Waals surface area contributed by atoms with Crippen molar-refractivity contribution in [3.05, 3.63) is 29.8 Å². The number of rotatable bonds is 4. The Hall–Kier alpha value is -1.88. The van der Waals surface area contributed by atoms with Crippen LogP contribution in [0.2, 0.25) is 0 Å². The minimum Gasteiger partial charge on any atom is -0.497 e. The molecule has 0 saturated carbocycles. The predicted molar refractivity (Wildman–Crippen MR) is 70.6 cm³/mol. The maximum absolute atomic E-state index is 11.7. The fourth-order valence-electron chi connectivity index (χ4n) is 2.23. The van der Waals surface area contributed by atoms with E-state index in [0.717, 1.165) is 11.3 Å². The van der Waals surface area contributed by atoms with E-state index in [1.807, 2.05) is 36.2 Å². The van der Waals surface area contributed by atoms with Gasteiger partial charge in [0.05, 0.1) is 13.2 Å². The lowest BCUT2D eigenvalue weighted by Crippen LogP contribution is -2.50. The van der Waals surface area contributed by atoms with Gasteiger partial charge in [-0.05, 0) is 31.2 Å². The summed E-state index contributed by atoms with van der Waals surface area (Å²) in [5.74, 6) is 0.429. The molecule has 5 heteroatoms. The molecule has 1 aliphatic rings. The second-order valence-electron chi connectivity index (χ2n) is 4.73. The minimum atomic E-state index is -0.236. The molecule has 0 radical (unpaired) electrons. The van der Waals surface area contributed by atoms with Gasteiger partial charge >= 0.3 is 0 Å². The van der Waals surface area contributed by atoms with E-state index in [4.69, 9.17) is 4.74 Å². The van der Waals surface area contributed by atoms with Crippen LogP contribution in [0.5, 0.6) is 5.75 Å². The summed E-state index contributed by atoms with van der Waals surface area (Å²) in [5.41, 5.74) is 1.10. The van der Waals surface area contributed by atoms with E-state index >= 15 is 0 Å². The monoisotopic (exact) mass is 262 g/mol. The number of likely N-dealkylation sites (N-methyl/N-ethyl adjacent to an activating group) is 1. The largest absolute Gasteiger partial charge is 0.497 e. The summed E-state index contributed by atoms with van der Waals surface area (Å²) >= 11 is 0. The molecular weight excluding hydrogens is 244 g/mol. The second-order valence-corrected chi connectivity index (χ2v) is 4.73. The van der Waals surface area contributed by atoms with Gasteiger partial charge in [0.15, 0.2) is 0 Å². The molecule has 102 valence electrons. The van der Waals surface area contributed by atoms with Crippen molar-refractivity contribution in [3.8, 4) is 5.75 Å². The third-order valence-corrected chi connectivity index (χ3v) is 3.33. The number of carbonyl (C=O) groups is 2. The summed E-state index contributed by atoms with van der Waals surface area (Å²) in [6.07, 6.45) is 0.987. The molecule has 1 aliphatic heterocycles. The van der Waals surface area contributed by atoms with Crippen molar-refractivity contribution in [1.82, 2.24) is 10.2 Å². The van der Waals surface area contributed by atoms with Crippen LogP contribution in [0.1, 0.15) is 18.4 Å². The van der Waals surface area contributed by atoms with Gasteiger partial charge < -0.3 is 4.74 Å². The molecule has 1 N–H and O–H groups in total. The van der Waals surface area contributed by atoms with Gasteiger partial charge in [0, 0.05) is 13.0 Å². The fraction of sp³-hybridized carbons (Fsp3) is 0.429. The number of imide groups is 1. The van der Waals surface area contributed by atoms with Crippen molar-refractivity contribution in [2.24, 2.45) is 0 Å². The lowest BCUT2D eigenvalue weighted by molar-refractivity contribution is -0.137. The average Bonchev–Trinajstić information content (AvgIpc) is 2.39. The van der Waals surface area contributed by atoms with Gasteiger partial charge in [-0.25, -0.2) is 0 Å². The number of benzene rings is 1. The standard InChI is InChI=1S/C14H18N2O3/c1-16(12-7-8-13(17)15-14(12)18)9-10-3-5-11(19-2)6-4-10/h3-6,12H,7-9H2,1-2H3,(H,15,17,18). The number of amides is 2. The van der Waals surface area contributed by atoms with Crippen molar-refractivity contribution in [1.29, 1.82) is 0 Å². The predicted octanol–water partition coefficient (Wildman–Crippen LogP) is 0.932. The topological polar surface area (TPSA) is 58.6 Å². The smallest absolute Gasteiger partial charge is 0.243 e. The summed E-state index contributed by atoms with van der Waals surface area (Å²) in [6.45, 7) is 0.663. The molecule has 1 fully saturated rings. The zero-order chi connectivity index (χ0) is 13.8. The molecule has 0 spiro atoms. The van der Waals surface area contributed by atoms with Gasteiger partial charge in [-0.1, -0.05) is 12.1 Å². The molecule has 1 aromatic carbocycles. The Balaban J connectivity index is 1.97. The number of hydrogen-bond acceptors (Lipinski definition) is 4. The Morgan fingerprint density at radius 1 is 1.32 bits per heavy atom. The van der Waals surface area contributed by atoms with Crippen LogP contribution in [0.15, 0.2) is 24.3 Å². The van der Waals surface area contributed by atoms with E-state index in [9.17, 15) is 9.59 Å². The number of hydrogen-bond donors (Lipinski definition) is 1. The molecule has 1 heterocycles. The van der Waals surface area contributed by atoms with Crippen molar-refractivity contribution < 1.29 is 14.3 Å². The average molecular weight is 262 g/mol. The molecular formula is C14H18N2O3. The van der Waals surface area contributed by atoms with Gasteiger partial charge in [0.2, 0.25) is 11.8 Å². The molecule has 1 atom stereocenters. The van der Waals surface area contributed by atoms with Gasteiger partial charge in [0.25, 0.3) is 0 Å². The molecule has 1 aromatic rings. The Bertz CT molecular complexity index is 470. The molecule has 0 aromatic heterocycles. The number of nitrogens with one attached hydrogen (secondary N) is 1. The highest BCUT2D eigenvalue weighted by Crippen LogP contribution is 2.16. The summed E-state index contributed by atoms with van der Waals surface area (Å²) in [5, 5.41) is 2.37. The Labute approximate surface area is 112 Å². The van der Waals surface area contributed by atoms with E-state index in [2.05, 4.69) is 5.32 Å². The Kier molecular flexibility index (Phi) is 4.16. The van der Waals surface area contributed by atoms with Crippen molar-refractivity contribution in [3.63, 3.8) is 0 Å². The van der Waals surface area contributed by atoms with Crippen LogP contribution in [-0.2, 0) is 16.1 Å². The highest BCUT2D eigenvalue weighted by molar-refractivity contribution is 6.00. The van der Waals surface area contributed by atoms with Crippen molar-refractivity contribution in [2.75, 3.05) is 14.2 Å². The van der Waals surface area contributed by atoms with Crippen molar-refractivity contribution >= 4 is 11.8 Å². The summed E-state index contributed by atoms with van der Waals surface area (Å²) < 4.78 is 5.10. The third kappa shape index (κ3) is 3.32. The van der Waals surface area contributed by atoms with Crippen LogP contribution in [0.3, 0.4) is 0 Å². The van der Waals surface area contributed by atoms with E-state index in [1.54, 1.807) is 7.11 Å². The molecule has 0 aliphatic carbocycles. The summed E-state index contributed by atoms with van der Waals surface area (Å²) in [6, 6.07) is 7.50. The molecule has 2 amide bonds. The highest BCUT2D eigenvalue weighted by atomic mass is 16.5. The molecule has 1 saturated heterocycles. The fourth-order valence-corrected chi connectivity index (χ4v) is 2.23. The third-order valence-electron chi connectivity index (χ3n) is 3.33. The maximum atomic E-state index is 11.7. The minimum absolute atomic E-state index is 0.181. The zero-order valence-corrected chi connectivity index (χ0v) is 11.2. The Morgan fingerprint density at radius 2 is 2.00 bits per heavy atom. The van der Waals surface area contributed by atoms with E-state index < -0.39 is 0 Å². The molecule has 2 rings (SSSR count). The van der Waals surface area contributed by atoms with Crippen LogP contribution >= 0.6 is 0 Å². The summed E-state index contributed by atoms with van der Waals surface area (Å²) in [4.78, 5) is 24.8. The van der Waals surface area contributed by atoms with E-state index in [1.165, 1.54) is 0 Å². The quantitative estimate of drug-likeness (QED) is 0.820.